The van der Waals surface area contributed by atoms with Crippen LogP contribution in [0.25, 0.3) is 0 Å². The highest BCUT2D eigenvalue weighted by Gasteiger charge is 2.14. The highest BCUT2D eigenvalue weighted by molar-refractivity contribution is 9.10. The summed E-state index contributed by atoms with van der Waals surface area (Å²) in [5.74, 6) is 0.281. The summed E-state index contributed by atoms with van der Waals surface area (Å²) < 4.78 is 6.25. The van der Waals surface area contributed by atoms with Gasteiger partial charge in [-0.1, -0.05) is 22.9 Å². The monoisotopic (exact) mass is 301 g/mol. The van der Waals surface area contributed by atoms with E-state index in [1.54, 1.807) is 12.1 Å². The van der Waals surface area contributed by atoms with E-state index in [-0.39, 0.29) is 18.3 Å². The number of hydrogen-bond acceptors (Lipinski definition) is 4. The summed E-state index contributed by atoms with van der Waals surface area (Å²) in [6, 6.07) is 3.36. The van der Waals surface area contributed by atoms with Crippen LogP contribution in [-0.2, 0) is 0 Å². The van der Waals surface area contributed by atoms with Gasteiger partial charge in [0, 0.05) is 17.0 Å². The minimum Gasteiger partial charge on any atom is -0.490 e. The molecule has 5 heteroatoms. The summed E-state index contributed by atoms with van der Waals surface area (Å²) >= 11 is 3.28. The summed E-state index contributed by atoms with van der Waals surface area (Å²) in [6.45, 7) is 3.67. The van der Waals surface area contributed by atoms with Crippen LogP contribution in [0.4, 0.5) is 5.69 Å². The first kappa shape index (κ1) is 14.0. The van der Waals surface area contributed by atoms with E-state index in [2.05, 4.69) is 15.9 Å². The molecule has 0 saturated carbocycles. The second-order valence-electron chi connectivity index (χ2n) is 4.03. The Morgan fingerprint density at radius 3 is 2.76 bits per heavy atom. The van der Waals surface area contributed by atoms with Gasteiger partial charge in [-0.15, -0.1) is 0 Å². The normalized spacial score (nSPS) is 12.2. The van der Waals surface area contributed by atoms with Crippen molar-refractivity contribution in [2.24, 2.45) is 5.92 Å². The van der Waals surface area contributed by atoms with Gasteiger partial charge in [0.25, 0.3) is 0 Å². The first-order valence-electron chi connectivity index (χ1n) is 5.29. The Morgan fingerprint density at radius 1 is 1.59 bits per heavy atom. The van der Waals surface area contributed by atoms with Gasteiger partial charge in [-0.25, -0.2) is 0 Å². The lowest BCUT2D eigenvalue weighted by Crippen LogP contribution is -2.14. The number of carbonyl (C=O) groups is 1. The number of halogens is 1. The highest BCUT2D eigenvalue weighted by Crippen LogP contribution is 2.31. The predicted molar refractivity (Wildman–Crippen MR) is 70.3 cm³/mol. The number of anilines is 1. The van der Waals surface area contributed by atoms with Crippen molar-refractivity contribution in [1.29, 1.82) is 0 Å². The molecule has 0 aliphatic heterocycles. The number of aliphatic hydroxyl groups is 1. The number of nitrogen functional groups attached to an aromatic ring is 1. The molecule has 1 rings (SSSR count). The number of Topliss-reactive ketones (excluding diaryl/α,β-unsaturated/α-hetero) is 1. The van der Waals surface area contributed by atoms with Gasteiger partial charge in [0.15, 0.2) is 11.5 Å². The maximum Gasteiger partial charge on any atom is 0.163 e. The Kier molecular flexibility index (Phi) is 4.96. The fourth-order valence-electron chi connectivity index (χ4n) is 1.32. The van der Waals surface area contributed by atoms with Crippen molar-refractivity contribution < 1.29 is 14.6 Å². The first-order valence-corrected chi connectivity index (χ1v) is 6.08. The van der Waals surface area contributed by atoms with Crippen molar-refractivity contribution in [3.63, 3.8) is 0 Å². The minimum atomic E-state index is -0.107. The molecule has 0 aliphatic carbocycles. The molecule has 1 aromatic carbocycles. The van der Waals surface area contributed by atoms with Crippen LogP contribution in [-0.4, -0.2) is 24.1 Å². The molecule has 0 aromatic heterocycles. The maximum absolute atomic E-state index is 11.5. The second kappa shape index (κ2) is 6.02. The number of ketones is 1. The van der Waals surface area contributed by atoms with Gasteiger partial charge in [-0.3, -0.25) is 4.79 Å². The second-order valence-corrected chi connectivity index (χ2v) is 4.94. The lowest BCUT2D eigenvalue weighted by atomic mass is 10.1. The summed E-state index contributed by atoms with van der Waals surface area (Å²) in [4.78, 5) is 11.5. The van der Waals surface area contributed by atoms with Crippen molar-refractivity contribution in [3.8, 4) is 5.75 Å². The lowest BCUT2D eigenvalue weighted by molar-refractivity contribution is 0.101. The van der Waals surface area contributed by atoms with Crippen LogP contribution >= 0.6 is 15.9 Å². The SMILES string of the molecule is CC(=O)c1cc(Br)cc(N)c1OCC(C)CO. The average Bonchev–Trinajstić information content (AvgIpc) is 2.26. The Balaban J connectivity index is 3.00. The molecule has 17 heavy (non-hydrogen) atoms. The standard InChI is InChI=1S/C12H16BrNO3/c1-7(5-15)6-17-12-10(8(2)16)3-9(13)4-11(12)14/h3-4,7,15H,5-6,14H2,1-2H3. The van der Waals surface area contributed by atoms with E-state index in [9.17, 15) is 4.79 Å². The molecule has 0 spiro atoms. The number of rotatable bonds is 5. The Bertz CT molecular complexity index is 420. The van der Waals surface area contributed by atoms with Crippen LogP contribution in [0, 0.1) is 5.92 Å². The van der Waals surface area contributed by atoms with E-state index in [0.717, 1.165) is 4.47 Å². The molecule has 94 valence electrons. The molecule has 1 unspecified atom stereocenters. The Hall–Kier alpha value is -1.07. The Morgan fingerprint density at radius 2 is 2.24 bits per heavy atom. The summed E-state index contributed by atoms with van der Waals surface area (Å²) in [5, 5.41) is 8.92. The summed E-state index contributed by atoms with van der Waals surface area (Å²) in [7, 11) is 0. The molecule has 0 bridgehead atoms. The third kappa shape index (κ3) is 3.71. The largest absolute Gasteiger partial charge is 0.490 e. The summed E-state index contributed by atoms with van der Waals surface area (Å²) in [6.07, 6.45) is 0. The lowest BCUT2D eigenvalue weighted by Gasteiger charge is -2.15. The molecule has 0 radical (unpaired) electrons. The number of hydrogen-bond donors (Lipinski definition) is 2. The van der Waals surface area contributed by atoms with Crippen LogP contribution in [0.1, 0.15) is 24.2 Å². The van der Waals surface area contributed by atoms with Crippen molar-refractivity contribution in [3.05, 3.63) is 22.2 Å². The van der Waals surface area contributed by atoms with Gasteiger partial charge in [0.2, 0.25) is 0 Å². The highest BCUT2D eigenvalue weighted by atomic mass is 79.9. The molecule has 3 N–H and O–H groups in total. The van der Waals surface area contributed by atoms with E-state index in [0.29, 0.717) is 23.6 Å². The molecule has 0 amide bonds. The van der Waals surface area contributed by atoms with E-state index in [4.69, 9.17) is 15.6 Å². The molecule has 0 saturated heterocycles. The van der Waals surface area contributed by atoms with Crippen molar-refractivity contribution in [2.75, 3.05) is 18.9 Å². The van der Waals surface area contributed by atoms with Gasteiger partial charge >= 0.3 is 0 Å². The van der Waals surface area contributed by atoms with E-state index >= 15 is 0 Å². The fourth-order valence-corrected chi connectivity index (χ4v) is 1.79. The summed E-state index contributed by atoms with van der Waals surface area (Å²) in [5.41, 5.74) is 6.68. The van der Waals surface area contributed by atoms with Gasteiger partial charge in [0.1, 0.15) is 0 Å². The molecule has 0 aliphatic rings. The molecule has 1 atom stereocenters. The number of nitrogens with two attached hydrogens (primary N) is 1. The number of benzene rings is 1. The molecular formula is C12H16BrNO3. The van der Waals surface area contributed by atoms with Crippen molar-refractivity contribution in [2.45, 2.75) is 13.8 Å². The van der Waals surface area contributed by atoms with Crippen LogP contribution < -0.4 is 10.5 Å². The molecule has 1 aromatic rings. The first-order chi connectivity index (χ1) is 7.95. The zero-order valence-corrected chi connectivity index (χ0v) is 11.5. The van der Waals surface area contributed by atoms with Crippen molar-refractivity contribution >= 4 is 27.4 Å². The van der Waals surface area contributed by atoms with Crippen LogP contribution in [0.2, 0.25) is 0 Å². The van der Waals surface area contributed by atoms with Gasteiger partial charge in [-0.05, 0) is 19.1 Å². The Labute approximate surface area is 109 Å². The third-order valence-corrected chi connectivity index (χ3v) is 2.74. The van der Waals surface area contributed by atoms with E-state index in [1.807, 2.05) is 6.92 Å². The van der Waals surface area contributed by atoms with Crippen LogP contribution in [0.3, 0.4) is 0 Å². The fraction of sp³-hybridized carbons (Fsp3) is 0.417. The van der Waals surface area contributed by atoms with E-state index in [1.165, 1.54) is 6.92 Å². The van der Waals surface area contributed by atoms with Gasteiger partial charge < -0.3 is 15.6 Å². The molecule has 0 heterocycles. The third-order valence-electron chi connectivity index (χ3n) is 2.29. The van der Waals surface area contributed by atoms with Crippen molar-refractivity contribution in [1.82, 2.24) is 0 Å². The molecule has 0 fully saturated rings. The maximum atomic E-state index is 11.5. The smallest absolute Gasteiger partial charge is 0.163 e. The topological polar surface area (TPSA) is 72.6 Å². The number of aliphatic hydroxyl groups excluding tert-OH is 1. The number of carbonyl (C=O) groups excluding carboxylic acids is 1. The minimum absolute atomic E-state index is 0.00199. The van der Waals surface area contributed by atoms with Gasteiger partial charge in [0.05, 0.1) is 17.9 Å². The predicted octanol–water partition coefficient (Wildman–Crippen LogP) is 2.24. The molecule has 4 nitrogen and oxygen atoms in total. The van der Waals surface area contributed by atoms with E-state index < -0.39 is 0 Å². The quantitative estimate of drug-likeness (QED) is 0.646. The zero-order valence-electron chi connectivity index (χ0n) is 9.87. The zero-order chi connectivity index (χ0) is 13.0. The number of ether oxygens (including phenoxy) is 1. The molecular weight excluding hydrogens is 286 g/mol. The average molecular weight is 302 g/mol. The van der Waals surface area contributed by atoms with Crippen LogP contribution in [0.5, 0.6) is 5.75 Å². The van der Waals surface area contributed by atoms with Crippen LogP contribution in [0.15, 0.2) is 16.6 Å². The van der Waals surface area contributed by atoms with Gasteiger partial charge in [-0.2, -0.15) is 0 Å².